The van der Waals surface area contributed by atoms with Crippen molar-refractivity contribution in [3.63, 3.8) is 0 Å². The molecule has 7 rings (SSSR count). The number of nitrogens with one attached hydrogen (secondary N) is 1. The summed E-state index contributed by atoms with van der Waals surface area (Å²) in [5.41, 5.74) is 5.03. The monoisotopic (exact) mass is 615 g/mol. The van der Waals surface area contributed by atoms with Gasteiger partial charge in [-0.15, -0.1) is 0 Å². The molecule has 1 spiro atoms. The van der Waals surface area contributed by atoms with E-state index in [0.29, 0.717) is 34.1 Å². The van der Waals surface area contributed by atoms with E-state index in [-0.39, 0.29) is 17.5 Å². The van der Waals surface area contributed by atoms with Gasteiger partial charge in [-0.2, -0.15) is 5.10 Å². The molecule has 0 unspecified atom stereocenters. The number of hydrogen-bond donors (Lipinski definition) is 1. The molecule has 3 heterocycles. The smallest absolute Gasteiger partial charge is 0.276 e. The minimum absolute atomic E-state index is 0.142. The lowest BCUT2D eigenvalue weighted by Crippen LogP contribution is -2.45. The average Bonchev–Trinajstić information content (AvgIpc) is 3.52. The summed E-state index contributed by atoms with van der Waals surface area (Å²) < 4.78 is 12.2. The van der Waals surface area contributed by atoms with E-state index in [1.54, 1.807) is 25.3 Å². The van der Waals surface area contributed by atoms with Gasteiger partial charge in [0.05, 0.1) is 12.8 Å². The molecule has 46 heavy (non-hydrogen) atoms. The number of hydrazone groups is 1. The molecule has 0 bridgehead atoms. The highest BCUT2D eigenvalue weighted by molar-refractivity contribution is 6.54. The number of nitrogens with zero attached hydrogens (tertiary/aromatic N) is 4. The second kappa shape index (κ2) is 11.2. The number of anilines is 3. The Morgan fingerprint density at radius 3 is 1.96 bits per heavy atom. The molecule has 9 heteroatoms. The summed E-state index contributed by atoms with van der Waals surface area (Å²) in [5, 5.41) is 9.38. The minimum atomic E-state index is -1.20. The first kappa shape index (κ1) is 29.4. The van der Waals surface area contributed by atoms with Crippen molar-refractivity contribution in [2.45, 2.75) is 33.2 Å². The molecule has 0 radical (unpaired) electrons. The molecule has 0 saturated carbocycles. The minimum Gasteiger partial charge on any atom is -0.497 e. The van der Waals surface area contributed by atoms with Gasteiger partial charge in [0.1, 0.15) is 22.8 Å². The van der Waals surface area contributed by atoms with Crippen molar-refractivity contribution < 1.29 is 19.1 Å². The fourth-order valence-corrected chi connectivity index (χ4v) is 7.09. The van der Waals surface area contributed by atoms with Crippen LogP contribution in [0.2, 0.25) is 0 Å². The first-order valence-electron chi connectivity index (χ1n) is 15.9. The molecular weight excluding hydrogens is 578 g/mol. The Bertz CT molecular complexity index is 1850. The zero-order valence-electron chi connectivity index (χ0n) is 26.8. The third-order valence-electron chi connectivity index (χ3n) is 9.39. The first-order chi connectivity index (χ1) is 22.4. The van der Waals surface area contributed by atoms with Crippen molar-refractivity contribution in [3.8, 4) is 17.2 Å². The predicted molar refractivity (Wildman–Crippen MR) is 181 cm³/mol. The molecule has 1 N–H and O–H groups in total. The summed E-state index contributed by atoms with van der Waals surface area (Å²) in [5.74, 6) is 1.18. The van der Waals surface area contributed by atoms with E-state index in [4.69, 9.17) is 14.6 Å². The zero-order chi connectivity index (χ0) is 32.2. The quantitative estimate of drug-likeness (QED) is 0.241. The fourth-order valence-electron chi connectivity index (χ4n) is 7.09. The molecular formula is C37H37N5O4. The number of amides is 2. The number of ether oxygens (including phenoxy) is 2. The maximum Gasteiger partial charge on any atom is 0.276 e. The van der Waals surface area contributed by atoms with Gasteiger partial charge in [-0.1, -0.05) is 30.3 Å². The van der Waals surface area contributed by atoms with Gasteiger partial charge in [0.25, 0.3) is 11.8 Å². The van der Waals surface area contributed by atoms with Gasteiger partial charge in [-0.3, -0.25) is 9.59 Å². The van der Waals surface area contributed by atoms with Crippen molar-refractivity contribution in [2.24, 2.45) is 5.10 Å². The Kier molecular flexibility index (Phi) is 7.19. The van der Waals surface area contributed by atoms with Gasteiger partial charge in [-0.25, -0.2) is 5.01 Å². The Labute approximate surface area is 269 Å². The molecule has 3 aliphatic rings. The summed E-state index contributed by atoms with van der Waals surface area (Å²) >= 11 is 0. The number of rotatable bonds is 8. The molecule has 0 aromatic heterocycles. The Hall–Kier alpha value is -5.31. The molecule has 3 aliphatic heterocycles. The molecule has 9 nitrogen and oxygen atoms in total. The van der Waals surface area contributed by atoms with Crippen LogP contribution >= 0.6 is 0 Å². The first-order valence-corrected chi connectivity index (χ1v) is 15.9. The molecule has 0 saturated heterocycles. The predicted octanol–water partition coefficient (Wildman–Crippen LogP) is 6.60. The van der Waals surface area contributed by atoms with Crippen molar-refractivity contribution >= 4 is 34.6 Å². The normalized spacial score (nSPS) is 16.0. The fraction of sp³-hybridized carbons (Fsp3) is 0.270. The van der Waals surface area contributed by atoms with E-state index < -0.39 is 5.54 Å². The van der Waals surface area contributed by atoms with Crippen LogP contribution in [0.15, 0.2) is 84.0 Å². The number of carbonyl (C=O) groups is 2. The lowest BCUT2D eigenvalue weighted by molar-refractivity contribution is -0.110. The summed E-state index contributed by atoms with van der Waals surface area (Å²) in [7, 11) is 1.58. The number of carbonyl (C=O) groups excluding carboxylic acids is 2. The van der Waals surface area contributed by atoms with Gasteiger partial charge < -0.3 is 24.6 Å². The lowest BCUT2D eigenvalue weighted by Gasteiger charge is -2.42. The highest BCUT2D eigenvalue weighted by Crippen LogP contribution is 2.58. The zero-order valence-corrected chi connectivity index (χ0v) is 26.8. The number of benzene rings is 4. The number of methoxy groups -OCH3 is 1. The van der Waals surface area contributed by atoms with Crippen LogP contribution in [0.3, 0.4) is 0 Å². The largest absolute Gasteiger partial charge is 0.497 e. The van der Waals surface area contributed by atoms with Crippen LogP contribution in [-0.2, 0) is 10.3 Å². The maximum atomic E-state index is 14.6. The van der Waals surface area contributed by atoms with Crippen molar-refractivity contribution in [1.82, 2.24) is 5.01 Å². The van der Waals surface area contributed by atoms with Crippen molar-refractivity contribution in [1.29, 1.82) is 0 Å². The van der Waals surface area contributed by atoms with Gasteiger partial charge in [-0.05, 0) is 64.1 Å². The van der Waals surface area contributed by atoms with Crippen LogP contribution in [0.5, 0.6) is 17.2 Å². The van der Waals surface area contributed by atoms with Crippen LogP contribution < -0.4 is 24.6 Å². The van der Waals surface area contributed by atoms with Crippen molar-refractivity contribution in [3.05, 3.63) is 107 Å². The van der Waals surface area contributed by atoms with E-state index in [0.717, 1.165) is 54.2 Å². The number of hydrogen-bond acceptors (Lipinski definition) is 7. The second-order valence-electron chi connectivity index (χ2n) is 11.5. The average molecular weight is 616 g/mol. The van der Waals surface area contributed by atoms with Gasteiger partial charge in [0.15, 0.2) is 5.71 Å². The van der Waals surface area contributed by atoms with Gasteiger partial charge >= 0.3 is 0 Å². The SMILES string of the molecule is CCN(CC)c1ccc2c(c1)Oc1cc(N(CC)CC)ccc1C21c2ccccc2C(=O)N1/N=C1/C(=O)Nc2ccc(OC)cc21. The summed E-state index contributed by atoms with van der Waals surface area (Å²) in [6.45, 7) is 11.8. The topological polar surface area (TPSA) is 86.7 Å². The van der Waals surface area contributed by atoms with Crippen LogP contribution in [0.25, 0.3) is 0 Å². The number of fused-ring (bicyclic) bond motifs is 7. The third-order valence-corrected chi connectivity index (χ3v) is 9.39. The molecule has 4 aromatic carbocycles. The van der Waals surface area contributed by atoms with Crippen LogP contribution in [0.1, 0.15) is 60.3 Å². The van der Waals surface area contributed by atoms with Gasteiger partial charge in [0, 0.05) is 77.5 Å². The Morgan fingerprint density at radius 1 is 0.761 bits per heavy atom. The standard InChI is InChI=1S/C37H37N5O4/c1-6-40(7-2)23-14-17-29-32(20-23)46-33-21-24(41(8-3)9-4)15-18-30(33)37(29)28-13-11-10-12-26(28)36(44)42(37)39-34-27-22-25(45-5)16-19-31(27)38-35(34)43/h10-22H,6-9H2,1-5H3,(H,38,39,43). The van der Waals surface area contributed by atoms with E-state index in [2.05, 4.69) is 67.1 Å². The molecule has 234 valence electrons. The highest BCUT2D eigenvalue weighted by atomic mass is 16.5. The van der Waals surface area contributed by atoms with Gasteiger partial charge in [0.2, 0.25) is 0 Å². The van der Waals surface area contributed by atoms with Crippen LogP contribution in [0.4, 0.5) is 17.1 Å². The summed E-state index contributed by atoms with van der Waals surface area (Å²) in [6, 6.07) is 25.3. The Morgan fingerprint density at radius 2 is 1.37 bits per heavy atom. The third kappa shape index (κ3) is 4.18. The molecule has 4 aromatic rings. The van der Waals surface area contributed by atoms with Crippen molar-refractivity contribution in [2.75, 3.05) is 48.4 Å². The van der Waals surface area contributed by atoms with E-state index in [1.165, 1.54) is 5.01 Å². The highest BCUT2D eigenvalue weighted by Gasteiger charge is 2.57. The molecule has 0 aliphatic carbocycles. The molecule has 0 atom stereocenters. The summed E-state index contributed by atoms with van der Waals surface area (Å²) in [4.78, 5) is 32.6. The summed E-state index contributed by atoms with van der Waals surface area (Å²) in [6.07, 6.45) is 0. The second-order valence-corrected chi connectivity index (χ2v) is 11.5. The maximum absolute atomic E-state index is 14.6. The van der Waals surface area contributed by atoms with E-state index >= 15 is 0 Å². The van der Waals surface area contributed by atoms with Crippen LogP contribution in [-0.4, -0.2) is 55.8 Å². The molecule has 0 fully saturated rings. The molecule has 2 amide bonds. The Balaban J connectivity index is 1.54. The van der Waals surface area contributed by atoms with E-state index in [9.17, 15) is 9.59 Å². The van der Waals surface area contributed by atoms with Crippen LogP contribution in [0, 0.1) is 0 Å². The van der Waals surface area contributed by atoms with E-state index in [1.807, 2.05) is 36.4 Å². The lowest BCUT2D eigenvalue weighted by atomic mass is 9.75.